The number of pyridine rings is 1. The Balaban J connectivity index is 1.50. The van der Waals surface area contributed by atoms with Crippen LogP contribution in [-0.2, 0) is 12.7 Å². The number of hydrogen-bond acceptors (Lipinski definition) is 5. The lowest BCUT2D eigenvalue weighted by molar-refractivity contribution is -0.155. The largest absolute Gasteiger partial charge is 0.495 e. The molecule has 0 saturated carbocycles. The van der Waals surface area contributed by atoms with Crippen molar-refractivity contribution in [1.82, 2.24) is 20.1 Å². The normalized spacial score (nSPS) is 17.5. The van der Waals surface area contributed by atoms with E-state index in [9.17, 15) is 31.1 Å². The van der Waals surface area contributed by atoms with Crippen LogP contribution in [0.1, 0.15) is 65.2 Å². The van der Waals surface area contributed by atoms with Crippen LogP contribution in [0.5, 0.6) is 5.75 Å². The second kappa shape index (κ2) is 14.8. The number of rotatable bonds is 8. The first-order valence-electron chi connectivity index (χ1n) is 16.6. The molecule has 1 atom stereocenters. The minimum atomic E-state index is -4.86. The van der Waals surface area contributed by atoms with Crippen molar-refractivity contribution >= 4 is 28.4 Å². The van der Waals surface area contributed by atoms with Gasteiger partial charge in [0.2, 0.25) is 0 Å². The van der Waals surface area contributed by atoms with Crippen LogP contribution in [0.4, 0.5) is 26.3 Å². The molecule has 6 nitrogen and oxygen atoms in total. The number of carbonyl (C=O) groups excluding carboxylic acids is 1. The fourth-order valence-electron chi connectivity index (χ4n) is 7.11. The SMILES string of the molecule is COc1cc2c(C(=O)N[C@H](c3ccccc3)C(F)(F)F)c(CN3CCC(N4CCCCC4)CC3)c(-c3cccc(C(F)(F)F)c3)nc2cc1Cl. The number of hydrogen-bond donors (Lipinski definition) is 1. The highest BCUT2D eigenvalue weighted by atomic mass is 35.5. The summed E-state index contributed by atoms with van der Waals surface area (Å²) in [6, 6.07) is 12.4. The molecule has 3 aromatic carbocycles. The lowest BCUT2D eigenvalue weighted by Gasteiger charge is -2.40. The third-order valence-electron chi connectivity index (χ3n) is 9.63. The van der Waals surface area contributed by atoms with Gasteiger partial charge in [-0.3, -0.25) is 9.69 Å². The first kappa shape index (κ1) is 35.9. The van der Waals surface area contributed by atoms with Crippen molar-refractivity contribution in [1.29, 1.82) is 0 Å². The summed E-state index contributed by atoms with van der Waals surface area (Å²) in [6.07, 6.45) is -4.33. The zero-order valence-corrected chi connectivity index (χ0v) is 28.1. The van der Waals surface area contributed by atoms with E-state index in [0.717, 1.165) is 50.9 Å². The number of benzene rings is 3. The summed E-state index contributed by atoms with van der Waals surface area (Å²) in [5.74, 6) is -0.898. The number of aromatic nitrogens is 1. The number of nitrogens with zero attached hydrogens (tertiary/aromatic N) is 3. The summed E-state index contributed by atoms with van der Waals surface area (Å²) in [7, 11) is 1.36. The van der Waals surface area contributed by atoms with Crippen LogP contribution in [0.15, 0.2) is 66.7 Å². The molecule has 0 aliphatic carbocycles. The Morgan fingerprint density at radius 3 is 2.28 bits per heavy atom. The van der Waals surface area contributed by atoms with Crippen LogP contribution in [0.25, 0.3) is 22.2 Å². The summed E-state index contributed by atoms with van der Waals surface area (Å²) in [5, 5.41) is 2.47. The van der Waals surface area contributed by atoms with Crippen molar-refractivity contribution in [3.05, 3.63) is 94.0 Å². The number of carbonyl (C=O) groups is 1. The average molecular weight is 719 g/mol. The number of ether oxygens (including phenoxy) is 1. The predicted octanol–water partition coefficient (Wildman–Crippen LogP) is 9.07. The Morgan fingerprint density at radius 2 is 1.64 bits per heavy atom. The number of nitrogens with one attached hydrogen (secondary N) is 1. The van der Waals surface area contributed by atoms with Gasteiger partial charge in [-0.1, -0.05) is 60.5 Å². The highest BCUT2D eigenvalue weighted by Crippen LogP contribution is 2.40. The van der Waals surface area contributed by atoms with Gasteiger partial charge in [-0.05, 0) is 81.7 Å². The van der Waals surface area contributed by atoms with Crippen LogP contribution in [0.3, 0.4) is 0 Å². The maximum Gasteiger partial charge on any atom is 0.416 e. The van der Waals surface area contributed by atoms with E-state index in [2.05, 4.69) is 15.1 Å². The summed E-state index contributed by atoms with van der Waals surface area (Å²) in [5.41, 5.74) is -0.793. The zero-order chi connectivity index (χ0) is 35.6. The highest BCUT2D eigenvalue weighted by Gasteiger charge is 2.43. The number of fused-ring (bicyclic) bond motifs is 1. The first-order valence-corrected chi connectivity index (χ1v) is 17.0. The fourth-order valence-corrected chi connectivity index (χ4v) is 7.34. The molecule has 1 aromatic heterocycles. The molecule has 2 saturated heterocycles. The van der Waals surface area contributed by atoms with Gasteiger partial charge in [0.15, 0.2) is 6.04 Å². The molecule has 266 valence electrons. The molecule has 4 aromatic rings. The highest BCUT2D eigenvalue weighted by molar-refractivity contribution is 6.33. The van der Waals surface area contributed by atoms with E-state index in [1.165, 1.54) is 62.1 Å². The van der Waals surface area contributed by atoms with Gasteiger partial charge in [0.1, 0.15) is 5.75 Å². The molecule has 13 heteroatoms. The van der Waals surface area contributed by atoms with Gasteiger partial charge in [-0.25, -0.2) is 4.98 Å². The quantitative estimate of drug-likeness (QED) is 0.184. The third kappa shape index (κ3) is 7.87. The standard InChI is InChI=1S/C37H37ClF6N4O2/c1-50-31-20-27-30(21-29(31)38)45-33(24-11-8-12-25(19-24)36(39,40)41)28(22-47-17-13-26(14-18-47)48-15-6-3-7-16-48)32(27)35(49)46-34(37(42,43)44)23-9-4-2-5-10-23/h2,4-5,8-12,19-21,26,34H,3,6-7,13-18,22H2,1H3,(H,46,49)/t34-/m1/s1. The van der Waals surface area contributed by atoms with E-state index >= 15 is 0 Å². The molecule has 1 amide bonds. The molecule has 2 aliphatic rings. The number of halogens is 7. The van der Waals surface area contributed by atoms with Crippen LogP contribution >= 0.6 is 11.6 Å². The van der Waals surface area contributed by atoms with Gasteiger partial charge < -0.3 is 15.0 Å². The van der Waals surface area contributed by atoms with Gasteiger partial charge in [0.05, 0.1) is 34.5 Å². The van der Waals surface area contributed by atoms with Crippen LogP contribution < -0.4 is 10.1 Å². The second-order valence-corrected chi connectivity index (χ2v) is 13.3. The van der Waals surface area contributed by atoms with E-state index in [-0.39, 0.29) is 56.2 Å². The van der Waals surface area contributed by atoms with Crippen molar-refractivity contribution in [3.63, 3.8) is 0 Å². The van der Waals surface area contributed by atoms with Crippen molar-refractivity contribution in [2.24, 2.45) is 0 Å². The number of methoxy groups -OCH3 is 1. The average Bonchev–Trinajstić information content (AvgIpc) is 3.10. The van der Waals surface area contributed by atoms with Gasteiger partial charge in [-0.15, -0.1) is 0 Å². The van der Waals surface area contributed by atoms with E-state index in [0.29, 0.717) is 19.1 Å². The van der Waals surface area contributed by atoms with E-state index in [1.807, 2.05) is 0 Å². The maximum atomic E-state index is 14.5. The Bertz CT molecular complexity index is 1820. The van der Waals surface area contributed by atoms with Gasteiger partial charge in [-0.2, -0.15) is 26.3 Å². The van der Waals surface area contributed by atoms with Crippen molar-refractivity contribution in [3.8, 4) is 17.0 Å². The molecule has 0 unspecified atom stereocenters. The monoisotopic (exact) mass is 718 g/mol. The van der Waals surface area contributed by atoms with Crippen LogP contribution in [-0.4, -0.2) is 66.2 Å². The topological polar surface area (TPSA) is 57.7 Å². The van der Waals surface area contributed by atoms with Crippen molar-refractivity contribution < 1.29 is 35.9 Å². The molecule has 50 heavy (non-hydrogen) atoms. The first-order chi connectivity index (χ1) is 23.8. The molecule has 0 radical (unpaired) electrons. The van der Waals surface area contributed by atoms with Crippen molar-refractivity contribution in [2.75, 3.05) is 33.3 Å². The van der Waals surface area contributed by atoms with E-state index < -0.39 is 29.9 Å². The Labute approximate surface area is 291 Å². The van der Waals surface area contributed by atoms with Crippen LogP contribution in [0, 0.1) is 0 Å². The van der Waals surface area contributed by atoms with Crippen molar-refractivity contribution in [2.45, 2.75) is 63.1 Å². The lowest BCUT2D eigenvalue weighted by Crippen LogP contribution is -2.46. The Morgan fingerprint density at radius 1 is 0.940 bits per heavy atom. The predicted molar refractivity (Wildman–Crippen MR) is 180 cm³/mol. The molecule has 6 rings (SSSR count). The number of piperidine rings is 2. The Hall–Kier alpha value is -3.87. The number of likely N-dealkylation sites (tertiary alicyclic amines) is 2. The summed E-state index contributed by atoms with van der Waals surface area (Å²) < 4.78 is 90.8. The fraction of sp³-hybridized carbons (Fsp3) is 0.405. The summed E-state index contributed by atoms with van der Waals surface area (Å²) in [4.78, 5) is 23.7. The molecule has 0 spiro atoms. The molecular formula is C37H37ClF6N4O2. The van der Waals surface area contributed by atoms with E-state index in [1.54, 1.807) is 6.07 Å². The smallest absolute Gasteiger partial charge is 0.416 e. The van der Waals surface area contributed by atoms with Gasteiger partial charge >= 0.3 is 12.4 Å². The Kier molecular flexibility index (Phi) is 10.6. The second-order valence-electron chi connectivity index (χ2n) is 12.9. The number of alkyl halides is 6. The maximum absolute atomic E-state index is 14.5. The van der Waals surface area contributed by atoms with Gasteiger partial charge in [0.25, 0.3) is 5.91 Å². The zero-order valence-electron chi connectivity index (χ0n) is 27.4. The molecular weight excluding hydrogens is 682 g/mol. The van der Waals surface area contributed by atoms with Crippen LogP contribution in [0.2, 0.25) is 5.02 Å². The molecule has 2 fully saturated rings. The number of amides is 1. The molecule has 2 aliphatic heterocycles. The minimum absolute atomic E-state index is 0.0522. The summed E-state index contributed by atoms with van der Waals surface area (Å²) >= 11 is 6.44. The van der Waals surface area contributed by atoms with Gasteiger partial charge in [0, 0.05) is 29.1 Å². The molecule has 1 N–H and O–H groups in total. The third-order valence-corrected chi connectivity index (χ3v) is 9.93. The summed E-state index contributed by atoms with van der Waals surface area (Å²) in [6.45, 7) is 3.39. The molecule has 0 bridgehead atoms. The minimum Gasteiger partial charge on any atom is -0.495 e. The van der Waals surface area contributed by atoms with E-state index in [4.69, 9.17) is 21.3 Å². The lowest BCUT2D eigenvalue weighted by atomic mass is 9.93. The molecule has 3 heterocycles.